The van der Waals surface area contributed by atoms with Crippen LogP contribution in [0.2, 0.25) is 0 Å². The Balaban J connectivity index is 3.43. The summed E-state index contributed by atoms with van der Waals surface area (Å²) in [5.41, 5.74) is 0.864. The molecule has 15 heavy (non-hydrogen) atoms. The minimum Gasteiger partial charge on any atom is -0.224 e. The van der Waals surface area contributed by atoms with E-state index < -0.39 is 9.84 Å². The Hall–Kier alpha value is -0.130. The molecular weight excluding hydrogens is 248 g/mol. The lowest BCUT2D eigenvalue weighted by Crippen LogP contribution is -2.03. The van der Waals surface area contributed by atoms with E-state index in [4.69, 9.17) is 0 Å². The van der Waals surface area contributed by atoms with Gasteiger partial charge in [-0.2, -0.15) is 0 Å². The summed E-state index contributed by atoms with van der Waals surface area (Å²) in [5, 5.41) is 0. The van der Waals surface area contributed by atoms with E-state index in [1.54, 1.807) is 6.07 Å². The fraction of sp³-hybridized carbons (Fsp3) is 0.400. The van der Waals surface area contributed by atoms with Gasteiger partial charge in [-0.25, -0.2) is 8.42 Å². The van der Waals surface area contributed by atoms with Crippen LogP contribution in [0.5, 0.6) is 0 Å². The summed E-state index contributed by atoms with van der Waals surface area (Å²) in [4.78, 5) is 1.26. The summed E-state index contributed by atoms with van der Waals surface area (Å²) in [6, 6.07) is 5.43. The first-order valence-electron chi connectivity index (χ1n) is 4.51. The first-order valence-corrected chi connectivity index (χ1v) is 8.27. The highest BCUT2D eigenvalue weighted by Gasteiger charge is 2.15. The van der Waals surface area contributed by atoms with E-state index in [1.807, 2.05) is 26.0 Å². The van der Waals surface area contributed by atoms with Gasteiger partial charge in [0.2, 0.25) is 0 Å². The molecule has 0 aliphatic carbocycles. The molecule has 0 N–H and O–H groups in total. The Kier molecular flexibility index (Phi) is 4.14. The number of hydrogen-bond acceptors (Lipinski definition) is 4. The second kappa shape index (κ2) is 4.80. The third-order valence-corrected chi connectivity index (χ3v) is 4.36. The standard InChI is InChI=1S/C10H14O2S3/c1-7(2)9-5-4-8(14-13)6-10(9)15(3,11)12/h4-7,13H,1-3H3. The van der Waals surface area contributed by atoms with Crippen LogP contribution in [0.3, 0.4) is 0 Å². The van der Waals surface area contributed by atoms with Crippen LogP contribution in [-0.4, -0.2) is 14.7 Å². The van der Waals surface area contributed by atoms with E-state index in [-0.39, 0.29) is 5.92 Å². The zero-order valence-electron chi connectivity index (χ0n) is 8.89. The summed E-state index contributed by atoms with van der Waals surface area (Å²) >= 11 is 4.06. The quantitative estimate of drug-likeness (QED) is 0.671. The number of rotatable bonds is 3. The van der Waals surface area contributed by atoms with E-state index in [9.17, 15) is 8.42 Å². The second-order valence-electron chi connectivity index (χ2n) is 3.72. The van der Waals surface area contributed by atoms with Crippen molar-refractivity contribution in [2.75, 3.05) is 6.26 Å². The lowest BCUT2D eigenvalue weighted by Gasteiger charge is -2.12. The first-order chi connectivity index (χ1) is 6.86. The molecule has 0 heterocycles. The molecule has 1 aromatic rings. The third kappa shape index (κ3) is 3.16. The summed E-state index contributed by atoms with van der Waals surface area (Å²) in [5.74, 6) is 0.202. The number of benzene rings is 1. The van der Waals surface area contributed by atoms with Crippen molar-refractivity contribution in [1.82, 2.24) is 0 Å². The fourth-order valence-corrected chi connectivity index (χ4v) is 3.16. The van der Waals surface area contributed by atoms with E-state index in [1.165, 1.54) is 17.0 Å². The van der Waals surface area contributed by atoms with Crippen molar-refractivity contribution in [3.8, 4) is 0 Å². The average molecular weight is 262 g/mol. The van der Waals surface area contributed by atoms with Crippen LogP contribution in [0.15, 0.2) is 28.0 Å². The summed E-state index contributed by atoms with van der Waals surface area (Å²) in [6.45, 7) is 3.97. The Morgan fingerprint density at radius 1 is 1.33 bits per heavy atom. The van der Waals surface area contributed by atoms with Crippen molar-refractivity contribution < 1.29 is 8.42 Å². The molecular formula is C10H14O2S3. The van der Waals surface area contributed by atoms with Crippen LogP contribution in [0.1, 0.15) is 25.3 Å². The highest BCUT2D eigenvalue weighted by molar-refractivity contribution is 8.68. The van der Waals surface area contributed by atoms with Crippen LogP contribution in [-0.2, 0) is 9.84 Å². The molecule has 0 aliphatic rings. The molecule has 5 heteroatoms. The molecule has 0 saturated heterocycles. The zero-order chi connectivity index (χ0) is 11.6. The van der Waals surface area contributed by atoms with Gasteiger partial charge in [-0.3, -0.25) is 0 Å². The molecule has 0 bridgehead atoms. The van der Waals surface area contributed by atoms with Crippen LogP contribution < -0.4 is 0 Å². The van der Waals surface area contributed by atoms with E-state index in [2.05, 4.69) is 11.7 Å². The van der Waals surface area contributed by atoms with Gasteiger partial charge in [-0.15, -0.1) is 11.7 Å². The molecule has 0 fully saturated rings. The van der Waals surface area contributed by atoms with Crippen LogP contribution >= 0.6 is 22.5 Å². The van der Waals surface area contributed by atoms with Crippen LogP contribution in [0.4, 0.5) is 0 Å². The lowest BCUT2D eigenvalue weighted by atomic mass is 10.0. The van der Waals surface area contributed by atoms with Gasteiger partial charge in [0.1, 0.15) is 0 Å². The predicted molar refractivity (Wildman–Crippen MR) is 68.5 cm³/mol. The van der Waals surface area contributed by atoms with Gasteiger partial charge in [0, 0.05) is 11.2 Å². The van der Waals surface area contributed by atoms with Crippen molar-refractivity contribution in [2.45, 2.75) is 29.6 Å². The molecule has 2 nitrogen and oxygen atoms in total. The minimum atomic E-state index is -3.16. The molecule has 0 saturated carbocycles. The van der Waals surface area contributed by atoms with Gasteiger partial charge in [-0.1, -0.05) is 30.7 Å². The Morgan fingerprint density at radius 3 is 2.33 bits per heavy atom. The van der Waals surface area contributed by atoms with Crippen LogP contribution in [0.25, 0.3) is 0 Å². The van der Waals surface area contributed by atoms with E-state index >= 15 is 0 Å². The molecule has 0 atom stereocenters. The summed E-state index contributed by atoms with van der Waals surface area (Å²) in [7, 11) is -1.91. The van der Waals surface area contributed by atoms with Crippen molar-refractivity contribution in [3.63, 3.8) is 0 Å². The molecule has 0 unspecified atom stereocenters. The maximum absolute atomic E-state index is 11.6. The van der Waals surface area contributed by atoms with Gasteiger partial charge in [0.25, 0.3) is 0 Å². The topological polar surface area (TPSA) is 34.1 Å². The number of sulfone groups is 1. The molecule has 1 rings (SSSR count). The largest absolute Gasteiger partial charge is 0.224 e. The molecule has 0 spiro atoms. The van der Waals surface area contributed by atoms with Gasteiger partial charge >= 0.3 is 0 Å². The Morgan fingerprint density at radius 2 is 1.93 bits per heavy atom. The van der Waals surface area contributed by atoms with Gasteiger partial charge in [0.05, 0.1) is 4.90 Å². The smallest absolute Gasteiger partial charge is 0.175 e. The lowest BCUT2D eigenvalue weighted by molar-refractivity contribution is 0.599. The monoisotopic (exact) mass is 262 g/mol. The van der Waals surface area contributed by atoms with Crippen molar-refractivity contribution in [1.29, 1.82) is 0 Å². The van der Waals surface area contributed by atoms with E-state index in [0.29, 0.717) is 4.90 Å². The maximum Gasteiger partial charge on any atom is 0.175 e. The van der Waals surface area contributed by atoms with Gasteiger partial charge in [0.15, 0.2) is 9.84 Å². The molecule has 0 amide bonds. The average Bonchev–Trinajstić information content (AvgIpc) is 2.15. The first kappa shape index (κ1) is 12.9. The van der Waals surface area contributed by atoms with Crippen molar-refractivity contribution >= 4 is 32.3 Å². The molecule has 0 radical (unpaired) electrons. The molecule has 1 aromatic carbocycles. The fourth-order valence-electron chi connectivity index (χ4n) is 1.37. The third-order valence-electron chi connectivity index (χ3n) is 2.11. The highest BCUT2D eigenvalue weighted by Crippen LogP contribution is 2.30. The van der Waals surface area contributed by atoms with Gasteiger partial charge in [-0.05, 0) is 23.6 Å². The Bertz CT molecular complexity index is 450. The predicted octanol–water partition coefficient (Wildman–Crippen LogP) is 3.15. The van der Waals surface area contributed by atoms with Crippen LogP contribution in [0, 0.1) is 0 Å². The normalized spacial score (nSPS) is 12.1. The number of hydrogen-bond donors (Lipinski definition) is 1. The van der Waals surface area contributed by atoms with Crippen molar-refractivity contribution in [3.05, 3.63) is 23.8 Å². The maximum atomic E-state index is 11.6. The number of thiol groups is 1. The Labute approximate surface area is 100 Å². The summed E-state index contributed by atoms with van der Waals surface area (Å²) in [6.07, 6.45) is 1.24. The highest BCUT2D eigenvalue weighted by atomic mass is 33.1. The molecule has 0 aromatic heterocycles. The minimum absolute atomic E-state index is 0.202. The molecule has 0 aliphatic heterocycles. The van der Waals surface area contributed by atoms with E-state index in [0.717, 1.165) is 10.5 Å². The zero-order valence-corrected chi connectivity index (χ0v) is 11.4. The van der Waals surface area contributed by atoms with Crippen molar-refractivity contribution in [2.24, 2.45) is 0 Å². The van der Waals surface area contributed by atoms with Gasteiger partial charge < -0.3 is 0 Å². The second-order valence-corrected chi connectivity index (χ2v) is 6.90. The SMILES string of the molecule is CC(C)c1ccc(SS)cc1S(C)(=O)=O. The summed E-state index contributed by atoms with van der Waals surface area (Å²) < 4.78 is 23.2. The molecule has 84 valence electrons.